The Labute approximate surface area is 147 Å². The quantitative estimate of drug-likeness (QED) is 0.372. The molecule has 124 valence electrons. The molecule has 0 spiro atoms. The van der Waals surface area contributed by atoms with Crippen molar-refractivity contribution >= 4 is 18.2 Å². The highest BCUT2D eigenvalue weighted by Gasteiger charge is 2.20. The van der Waals surface area contributed by atoms with Gasteiger partial charge in [-0.05, 0) is 41.5 Å². The molecule has 0 fully saturated rings. The average Bonchev–Trinajstić information content (AvgIpc) is 2.59. The van der Waals surface area contributed by atoms with Gasteiger partial charge in [-0.1, -0.05) is 53.6 Å². The minimum absolute atomic E-state index is 0. The summed E-state index contributed by atoms with van der Waals surface area (Å²) in [5, 5.41) is 3.58. The molecule has 0 saturated carbocycles. The highest BCUT2D eigenvalue weighted by molar-refractivity contribution is 5.99. The maximum absolute atomic E-state index is 8.31. The first-order valence-electron chi connectivity index (χ1n) is 7.79. The smallest absolute Gasteiger partial charge is 0.126 e. The number of nitrogens with two attached hydrogens (primary N) is 1. The van der Waals surface area contributed by atoms with E-state index >= 15 is 0 Å². The number of aryl methyl sites for hydroxylation is 1. The third-order valence-corrected chi connectivity index (χ3v) is 4.12. The summed E-state index contributed by atoms with van der Waals surface area (Å²) >= 11 is 0. The van der Waals surface area contributed by atoms with Crippen molar-refractivity contribution in [2.75, 3.05) is 6.54 Å². The van der Waals surface area contributed by atoms with Crippen LogP contribution in [0.5, 0.6) is 0 Å². The molecule has 0 saturated heterocycles. The zero-order chi connectivity index (χ0) is 16.1. The summed E-state index contributed by atoms with van der Waals surface area (Å²) in [6.45, 7) is 0.530. The highest BCUT2D eigenvalue weighted by Crippen LogP contribution is 2.29. The Morgan fingerprint density at radius 3 is 2.88 bits per heavy atom. The summed E-state index contributed by atoms with van der Waals surface area (Å²) in [6.07, 6.45) is 2.63. The molecular formula is C18H20ClN5. The molecule has 0 radical (unpaired) electrons. The van der Waals surface area contributed by atoms with Crippen LogP contribution in [-0.2, 0) is 12.8 Å². The summed E-state index contributed by atoms with van der Waals surface area (Å²) in [5.41, 5.74) is 19.2. The minimum Gasteiger partial charge on any atom is -0.383 e. The second-order valence-corrected chi connectivity index (χ2v) is 5.69. The fraction of sp³-hybridized carbons (Fsp3) is 0.278. The van der Waals surface area contributed by atoms with Crippen molar-refractivity contribution < 1.29 is 0 Å². The van der Waals surface area contributed by atoms with E-state index < -0.39 is 0 Å². The van der Waals surface area contributed by atoms with Gasteiger partial charge in [0.15, 0.2) is 0 Å². The summed E-state index contributed by atoms with van der Waals surface area (Å²) in [7, 11) is 0. The Hall–Kier alpha value is -2.49. The number of halogens is 1. The van der Waals surface area contributed by atoms with Crippen LogP contribution in [0.15, 0.2) is 58.6 Å². The van der Waals surface area contributed by atoms with Crippen molar-refractivity contribution in [3.05, 3.63) is 81.2 Å². The van der Waals surface area contributed by atoms with E-state index in [1.807, 2.05) is 18.2 Å². The van der Waals surface area contributed by atoms with E-state index in [0.717, 1.165) is 24.8 Å². The number of hydrogen-bond donors (Lipinski definition) is 1. The average molecular weight is 342 g/mol. The lowest BCUT2D eigenvalue weighted by Crippen LogP contribution is -2.22. The molecule has 2 N–H and O–H groups in total. The molecule has 2 aromatic rings. The largest absolute Gasteiger partial charge is 0.383 e. The van der Waals surface area contributed by atoms with Gasteiger partial charge < -0.3 is 5.73 Å². The molecule has 6 heteroatoms. The SMILES string of the molecule is Cl.[N-]=[N+]=NCCCc1cccc(C2Cc3ccccc3C(N)=N2)c1. The van der Waals surface area contributed by atoms with Gasteiger partial charge in [-0.15, -0.1) is 12.4 Å². The van der Waals surface area contributed by atoms with Crippen LogP contribution in [0.25, 0.3) is 10.4 Å². The van der Waals surface area contributed by atoms with Crippen molar-refractivity contribution in [1.29, 1.82) is 0 Å². The Balaban J connectivity index is 0.00000208. The van der Waals surface area contributed by atoms with Crippen molar-refractivity contribution in [3.8, 4) is 0 Å². The van der Waals surface area contributed by atoms with Crippen LogP contribution >= 0.6 is 12.4 Å². The molecule has 0 amide bonds. The first-order chi connectivity index (χ1) is 11.3. The summed E-state index contributed by atoms with van der Waals surface area (Å²) in [5.74, 6) is 0.616. The zero-order valence-electron chi connectivity index (χ0n) is 13.3. The standard InChI is InChI=1S/C18H19N5.ClH/c19-18-16-9-2-1-7-14(16)12-17(22-18)15-8-3-5-13(11-15)6-4-10-21-23-20;/h1-3,5,7-9,11,17H,4,6,10,12H2,(H2,19,22);1H. The normalized spacial score (nSPS) is 15.5. The molecule has 1 aliphatic rings. The van der Waals surface area contributed by atoms with Gasteiger partial charge in [0.1, 0.15) is 5.84 Å². The van der Waals surface area contributed by atoms with Crippen LogP contribution in [0.2, 0.25) is 0 Å². The predicted octanol–water partition coefficient (Wildman–Crippen LogP) is 4.35. The zero-order valence-corrected chi connectivity index (χ0v) is 14.1. The first kappa shape index (κ1) is 17.9. The van der Waals surface area contributed by atoms with Gasteiger partial charge >= 0.3 is 0 Å². The Morgan fingerprint density at radius 1 is 1.21 bits per heavy atom. The number of nitrogens with zero attached hydrogens (tertiary/aromatic N) is 4. The summed E-state index contributed by atoms with van der Waals surface area (Å²) < 4.78 is 0. The van der Waals surface area contributed by atoms with Crippen molar-refractivity contribution in [3.63, 3.8) is 0 Å². The Bertz CT molecular complexity index is 780. The van der Waals surface area contributed by atoms with E-state index in [9.17, 15) is 0 Å². The molecule has 1 aliphatic heterocycles. The molecule has 0 aromatic heterocycles. The lowest BCUT2D eigenvalue weighted by atomic mass is 9.91. The maximum Gasteiger partial charge on any atom is 0.126 e. The minimum atomic E-state index is 0. The molecule has 24 heavy (non-hydrogen) atoms. The molecule has 3 rings (SSSR count). The first-order valence-corrected chi connectivity index (χ1v) is 7.79. The van der Waals surface area contributed by atoms with E-state index in [-0.39, 0.29) is 18.4 Å². The lowest BCUT2D eigenvalue weighted by molar-refractivity contribution is 0.707. The summed E-state index contributed by atoms with van der Waals surface area (Å²) in [4.78, 5) is 7.45. The molecule has 0 aliphatic carbocycles. The number of rotatable bonds is 5. The molecule has 5 nitrogen and oxygen atoms in total. The number of hydrogen-bond acceptors (Lipinski definition) is 3. The number of amidine groups is 1. The molecule has 1 atom stereocenters. The van der Waals surface area contributed by atoms with Crippen molar-refractivity contribution in [1.82, 2.24) is 0 Å². The molecular weight excluding hydrogens is 322 g/mol. The fourth-order valence-corrected chi connectivity index (χ4v) is 2.99. The number of fused-ring (bicyclic) bond motifs is 1. The highest BCUT2D eigenvalue weighted by atomic mass is 35.5. The van der Waals surface area contributed by atoms with E-state index in [2.05, 4.69) is 45.4 Å². The van der Waals surface area contributed by atoms with Crippen LogP contribution in [-0.4, -0.2) is 12.4 Å². The molecule has 1 heterocycles. The second-order valence-electron chi connectivity index (χ2n) is 5.69. The van der Waals surface area contributed by atoms with Crippen molar-refractivity contribution in [2.45, 2.75) is 25.3 Å². The number of aliphatic imine (C=N–C) groups is 1. The van der Waals surface area contributed by atoms with E-state index in [1.165, 1.54) is 16.7 Å². The Kier molecular flexibility index (Phi) is 6.24. The third kappa shape index (κ3) is 4.07. The molecule has 2 aromatic carbocycles. The third-order valence-electron chi connectivity index (χ3n) is 4.12. The van der Waals surface area contributed by atoms with Crippen LogP contribution in [0.3, 0.4) is 0 Å². The topological polar surface area (TPSA) is 87.1 Å². The van der Waals surface area contributed by atoms with Gasteiger partial charge in [-0.2, -0.15) is 0 Å². The van der Waals surface area contributed by atoms with E-state index in [0.29, 0.717) is 12.4 Å². The van der Waals surface area contributed by atoms with Gasteiger partial charge in [-0.25, -0.2) is 0 Å². The van der Waals surface area contributed by atoms with Gasteiger partial charge in [-0.3, -0.25) is 4.99 Å². The monoisotopic (exact) mass is 341 g/mol. The number of azide groups is 1. The number of benzene rings is 2. The van der Waals surface area contributed by atoms with E-state index in [1.54, 1.807) is 0 Å². The van der Waals surface area contributed by atoms with Crippen LogP contribution < -0.4 is 5.73 Å². The Morgan fingerprint density at radius 2 is 2.04 bits per heavy atom. The fourth-order valence-electron chi connectivity index (χ4n) is 2.99. The van der Waals surface area contributed by atoms with Crippen LogP contribution in [0.1, 0.15) is 34.7 Å². The van der Waals surface area contributed by atoms with Crippen molar-refractivity contribution in [2.24, 2.45) is 15.8 Å². The van der Waals surface area contributed by atoms with Gasteiger partial charge in [0.2, 0.25) is 0 Å². The van der Waals surface area contributed by atoms with Crippen LogP contribution in [0.4, 0.5) is 0 Å². The molecule has 0 bridgehead atoms. The van der Waals surface area contributed by atoms with Crippen LogP contribution in [0, 0.1) is 0 Å². The van der Waals surface area contributed by atoms with E-state index in [4.69, 9.17) is 11.3 Å². The van der Waals surface area contributed by atoms with Gasteiger partial charge in [0.25, 0.3) is 0 Å². The van der Waals surface area contributed by atoms with Gasteiger partial charge in [0.05, 0.1) is 6.04 Å². The summed E-state index contributed by atoms with van der Waals surface area (Å²) in [6, 6.07) is 16.7. The second kappa shape index (κ2) is 8.39. The molecule has 1 unspecified atom stereocenters. The lowest BCUT2D eigenvalue weighted by Gasteiger charge is -2.22. The maximum atomic E-state index is 8.31. The predicted molar refractivity (Wildman–Crippen MR) is 99.6 cm³/mol. The van der Waals surface area contributed by atoms with Gasteiger partial charge in [0, 0.05) is 17.0 Å².